The van der Waals surface area contributed by atoms with Crippen molar-refractivity contribution >= 4 is 22.6 Å². The molecule has 12 nitrogen and oxygen atoms in total. The van der Waals surface area contributed by atoms with Crippen LogP contribution in [0.5, 0.6) is 0 Å². The number of hydrogen-bond acceptors (Lipinski definition) is 11. The van der Waals surface area contributed by atoms with Crippen molar-refractivity contribution in [1.29, 1.82) is 0 Å². The van der Waals surface area contributed by atoms with Crippen LogP contribution in [0.2, 0.25) is 0 Å². The molecule has 1 aliphatic rings. The van der Waals surface area contributed by atoms with Crippen LogP contribution in [0.15, 0.2) is 80.3 Å². The lowest BCUT2D eigenvalue weighted by Crippen LogP contribution is -2.54. The van der Waals surface area contributed by atoms with Crippen LogP contribution in [0, 0.1) is 17.0 Å². The average molecular weight is 600 g/mol. The molecule has 1 unspecified atom stereocenters. The number of likely N-dealkylation sites (N-methyl/N-ethyl adjacent to an activating group) is 1. The Hall–Kier alpha value is -5.18. The van der Waals surface area contributed by atoms with E-state index in [1.807, 2.05) is 0 Å². The molecule has 0 amide bonds. The Labute approximate surface area is 241 Å². The van der Waals surface area contributed by atoms with Gasteiger partial charge in [-0.3, -0.25) is 20.1 Å². The Morgan fingerprint density at radius 3 is 2.49 bits per heavy atom. The quantitative estimate of drug-likeness (QED) is 0.123. The van der Waals surface area contributed by atoms with E-state index >= 15 is 0 Å². The number of carbonyl (C=O) groups is 1. The second-order valence-corrected chi connectivity index (χ2v) is 9.73. The first-order valence-electron chi connectivity index (χ1n) is 12.8. The Morgan fingerprint density at radius 2 is 1.88 bits per heavy atom. The number of halogens is 3. The van der Waals surface area contributed by atoms with Gasteiger partial charge in [-0.15, -0.1) is 5.53 Å². The normalized spacial score (nSPS) is 15.0. The Kier molecular flexibility index (Phi) is 7.43. The third-order valence-corrected chi connectivity index (χ3v) is 6.93. The number of non-ortho nitro benzene ring substituents is 1. The molecule has 224 valence electrons. The minimum atomic E-state index is -5.03. The molecular weight excluding hydrogens is 575 g/mol. The zero-order valence-electron chi connectivity index (χ0n) is 23.0. The molecule has 1 N–H and O–H groups in total. The SMILES string of the molecule is CCC(OC(=O)c1ccc([N+](=O)[O-])cc1)(C1=CN(Cc2ccc3c(-c4coc(C)n4)cc(=O)oc3c2)NN1C)C(F)(F)F. The third-order valence-electron chi connectivity index (χ3n) is 6.93. The van der Waals surface area contributed by atoms with E-state index in [2.05, 4.69) is 10.5 Å². The molecule has 15 heteroatoms. The predicted molar refractivity (Wildman–Crippen MR) is 145 cm³/mol. The summed E-state index contributed by atoms with van der Waals surface area (Å²) in [5.74, 6) is -0.884. The molecule has 0 radical (unpaired) electrons. The molecule has 5 rings (SSSR count). The number of ether oxygens (including phenoxy) is 1. The van der Waals surface area contributed by atoms with Gasteiger partial charge in [-0.05, 0) is 30.2 Å². The summed E-state index contributed by atoms with van der Waals surface area (Å²) in [7, 11) is 1.34. The number of carbonyl (C=O) groups excluding carboxylic acids is 1. The zero-order chi connectivity index (χ0) is 31.1. The summed E-state index contributed by atoms with van der Waals surface area (Å²) in [6.45, 7) is 2.93. The monoisotopic (exact) mass is 599 g/mol. The summed E-state index contributed by atoms with van der Waals surface area (Å²) in [5.41, 5.74) is -0.106. The number of benzene rings is 2. The maximum atomic E-state index is 14.7. The van der Waals surface area contributed by atoms with Crippen LogP contribution in [0.25, 0.3) is 22.2 Å². The molecule has 4 aromatic rings. The standard InChI is InChI=1S/C28H24F3N5O7/c1-4-27(28(29,30)31,43-26(38)18-6-8-19(9-7-18)36(39)40)24-14-35(33-34(24)3)13-17-5-10-20-21(22-15-41-16(2)32-22)12-25(37)42-23(20)11-17/h5-12,14-15,33H,4,13H2,1-3H3. The number of rotatable bonds is 8. The molecule has 2 aromatic heterocycles. The molecule has 1 atom stereocenters. The van der Waals surface area contributed by atoms with Crippen molar-refractivity contribution < 1.29 is 36.5 Å². The number of fused-ring (bicyclic) bond motifs is 1. The predicted octanol–water partition coefficient (Wildman–Crippen LogP) is 5.24. The van der Waals surface area contributed by atoms with Crippen LogP contribution < -0.4 is 11.2 Å². The molecule has 0 saturated heterocycles. The van der Waals surface area contributed by atoms with Crippen molar-refractivity contribution in [2.24, 2.45) is 0 Å². The van der Waals surface area contributed by atoms with E-state index in [1.165, 1.54) is 37.5 Å². The van der Waals surface area contributed by atoms with Crippen LogP contribution in [0.4, 0.5) is 18.9 Å². The fraction of sp³-hybridized carbons (Fsp3) is 0.250. The van der Waals surface area contributed by atoms with Gasteiger partial charge in [-0.1, -0.05) is 19.1 Å². The van der Waals surface area contributed by atoms with Crippen molar-refractivity contribution in [2.45, 2.75) is 38.6 Å². The number of nitro benzene ring substituents is 1. The number of oxazole rings is 1. The molecule has 2 aromatic carbocycles. The Bertz CT molecular complexity index is 1800. The first-order chi connectivity index (χ1) is 20.3. The lowest BCUT2D eigenvalue weighted by atomic mass is 9.94. The van der Waals surface area contributed by atoms with Crippen molar-refractivity contribution in [3.63, 3.8) is 0 Å². The summed E-state index contributed by atoms with van der Waals surface area (Å²) in [5, 5.41) is 13.9. The van der Waals surface area contributed by atoms with Crippen molar-refractivity contribution in [2.75, 3.05) is 7.05 Å². The van der Waals surface area contributed by atoms with Gasteiger partial charge in [0.2, 0.25) is 5.60 Å². The van der Waals surface area contributed by atoms with Gasteiger partial charge in [-0.25, -0.2) is 14.6 Å². The van der Waals surface area contributed by atoms with Gasteiger partial charge >= 0.3 is 17.8 Å². The van der Waals surface area contributed by atoms with Gasteiger partial charge in [0.05, 0.1) is 17.0 Å². The highest BCUT2D eigenvalue weighted by Crippen LogP contribution is 2.44. The summed E-state index contributed by atoms with van der Waals surface area (Å²) in [6.07, 6.45) is -3.09. The van der Waals surface area contributed by atoms with E-state index in [0.29, 0.717) is 28.1 Å². The summed E-state index contributed by atoms with van der Waals surface area (Å²) >= 11 is 0. The summed E-state index contributed by atoms with van der Waals surface area (Å²) < 4.78 is 59.8. The third kappa shape index (κ3) is 5.53. The number of aromatic nitrogens is 1. The zero-order valence-corrected chi connectivity index (χ0v) is 23.0. The van der Waals surface area contributed by atoms with Gasteiger partial charge in [0, 0.05) is 49.3 Å². The Balaban J connectivity index is 1.44. The highest BCUT2D eigenvalue weighted by atomic mass is 19.4. The first-order valence-corrected chi connectivity index (χ1v) is 12.8. The maximum Gasteiger partial charge on any atom is 0.434 e. The molecule has 3 heterocycles. The summed E-state index contributed by atoms with van der Waals surface area (Å²) in [4.78, 5) is 39.6. The van der Waals surface area contributed by atoms with Gasteiger partial charge in [-0.2, -0.15) is 13.2 Å². The molecule has 0 saturated carbocycles. The van der Waals surface area contributed by atoms with Crippen molar-refractivity contribution in [1.82, 2.24) is 20.5 Å². The molecule has 0 aliphatic carbocycles. The minimum Gasteiger partial charge on any atom is -0.449 e. The minimum absolute atomic E-state index is 0.0364. The van der Waals surface area contributed by atoms with Gasteiger partial charge in [0.25, 0.3) is 5.69 Å². The van der Waals surface area contributed by atoms with Crippen molar-refractivity contribution in [3.8, 4) is 11.3 Å². The highest BCUT2D eigenvalue weighted by molar-refractivity contribution is 5.92. The van der Waals surface area contributed by atoms with Crippen LogP contribution in [-0.2, 0) is 11.3 Å². The van der Waals surface area contributed by atoms with Crippen LogP contribution in [-0.4, -0.2) is 44.7 Å². The second kappa shape index (κ2) is 10.9. The van der Waals surface area contributed by atoms with E-state index in [1.54, 1.807) is 25.1 Å². The molecular formula is C28H24F3N5O7. The maximum absolute atomic E-state index is 14.7. The molecule has 0 bridgehead atoms. The van der Waals surface area contributed by atoms with E-state index < -0.39 is 40.4 Å². The van der Waals surface area contributed by atoms with Crippen LogP contribution in [0.3, 0.4) is 0 Å². The number of aryl methyl sites for hydroxylation is 1. The number of hydrogen-bond donors (Lipinski definition) is 1. The van der Waals surface area contributed by atoms with Crippen molar-refractivity contribution in [3.05, 3.63) is 104 Å². The molecule has 43 heavy (non-hydrogen) atoms. The van der Waals surface area contributed by atoms with E-state index in [0.717, 1.165) is 29.3 Å². The second-order valence-electron chi connectivity index (χ2n) is 9.73. The molecule has 0 spiro atoms. The highest BCUT2D eigenvalue weighted by Gasteiger charge is 2.62. The number of alkyl halides is 3. The smallest absolute Gasteiger partial charge is 0.434 e. The number of hydrazine groups is 2. The Morgan fingerprint density at radius 1 is 1.16 bits per heavy atom. The number of nitrogens with one attached hydrogen (secondary N) is 1. The molecule has 1 aliphatic heterocycles. The number of esters is 1. The fourth-order valence-corrected chi connectivity index (χ4v) is 4.81. The largest absolute Gasteiger partial charge is 0.449 e. The van der Waals surface area contributed by atoms with Gasteiger partial charge < -0.3 is 13.6 Å². The van der Waals surface area contributed by atoms with E-state index in [4.69, 9.17) is 13.6 Å². The van der Waals surface area contributed by atoms with Crippen LogP contribution >= 0.6 is 0 Å². The topological polar surface area (TPSA) is 144 Å². The lowest BCUT2D eigenvalue weighted by Gasteiger charge is -2.37. The van der Waals surface area contributed by atoms with E-state index in [9.17, 15) is 32.9 Å². The van der Waals surface area contributed by atoms with E-state index in [-0.39, 0.29) is 23.4 Å². The fourth-order valence-electron chi connectivity index (χ4n) is 4.81. The summed E-state index contributed by atoms with van der Waals surface area (Å²) in [6, 6.07) is 10.4. The average Bonchev–Trinajstić information content (AvgIpc) is 3.55. The number of nitrogens with zero attached hydrogens (tertiary/aromatic N) is 4. The molecule has 0 fully saturated rings. The van der Waals surface area contributed by atoms with Crippen LogP contribution in [0.1, 0.15) is 35.2 Å². The lowest BCUT2D eigenvalue weighted by molar-refractivity contribution is -0.384. The van der Waals surface area contributed by atoms with Gasteiger partial charge in [0.1, 0.15) is 23.2 Å². The first kappa shape index (κ1) is 29.3. The number of nitro groups is 1. The van der Waals surface area contributed by atoms with Gasteiger partial charge in [0.15, 0.2) is 5.89 Å².